The van der Waals surface area contributed by atoms with E-state index in [1.165, 1.54) is 12.8 Å². The predicted octanol–water partition coefficient (Wildman–Crippen LogP) is 2.04. The number of piperidine rings is 1. The molecule has 2 aliphatic rings. The molecule has 0 bridgehead atoms. The number of fused-ring (bicyclic) bond motifs is 1. The van der Waals surface area contributed by atoms with Gasteiger partial charge in [-0.05, 0) is 44.0 Å². The Bertz CT molecular complexity index is 541. The summed E-state index contributed by atoms with van der Waals surface area (Å²) in [4.78, 5) is 6.74. The van der Waals surface area contributed by atoms with Gasteiger partial charge in [0.1, 0.15) is 12.4 Å². The molecule has 5 heteroatoms. The van der Waals surface area contributed by atoms with Crippen LogP contribution in [0.2, 0.25) is 0 Å². The number of hydrogen-bond acceptors (Lipinski definition) is 5. The summed E-state index contributed by atoms with van der Waals surface area (Å²) in [6.07, 6.45) is 2.18. The maximum Gasteiger partial charge on any atom is 0.144 e. The molecule has 0 spiro atoms. The summed E-state index contributed by atoms with van der Waals surface area (Å²) in [6, 6.07) is 6.30. The largest absolute Gasteiger partial charge is 0.489 e. The summed E-state index contributed by atoms with van der Waals surface area (Å²) < 4.78 is 5.83. The molecule has 24 heavy (non-hydrogen) atoms. The van der Waals surface area contributed by atoms with Gasteiger partial charge < -0.3 is 24.5 Å². The first-order chi connectivity index (χ1) is 11.5. The smallest absolute Gasteiger partial charge is 0.144 e. The van der Waals surface area contributed by atoms with Gasteiger partial charge in [0.25, 0.3) is 0 Å². The fourth-order valence-electron chi connectivity index (χ4n) is 3.59. The maximum absolute atomic E-state index is 10.6. The molecule has 3 rings (SSSR count). The van der Waals surface area contributed by atoms with Crippen molar-refractivity contribution in [3.05, 3.63) is 18.2 Å². The van der Waals surface area contributed by atoms with Crippen molar-refractivity contribution in [2.45, 2.75) is 25.9 Å². The Morgan fingerprint density at radius 2 is 1.96 bits per heavy atom. The third-order valence-electron chi connectivity index (χ3n) is 5.20. The number of aliphatic hydroxyl groups excluding tert-OH is 1. The van der Waals surface area contributed by atoms with E-state index < -0.39 is 0 Å². The van der Waals surface area contributed by atoms with Gasteiger partial charge >= 0.3 is 0 Å². The average Bonchev–Trinajstić information content (AvgIpc) is 2.56. The number of rotatable bonds is 5. The second-order valence-corrected chi connectivity index (χ2v) is 7.48. The van der Waals surface area contributed by atoms with Crippen LogP contribution < -0.4 is 14.5 Å². The lowest BCUT2D eigenvalue weighted by atomic mass is 9.99. The first-order valence-electron chi connectivity index (χ1n) is 9.12. The van der Waals surface area contributed by atoms with Gasteiger partial charge in [-0.25, -0.2) is 0 Å². The summed E-state index contributed by atoms with van der Waals surface area (Å²) in [5.74, 6) is 1.75. The van der Waals surface area contributed by atoms with Crippen molar-refractivity contribution in [1.82, 2.24) is 4.90 Å². The van der Waals surface area contributed by atoms with E-state index in [0.29, 0.717) is 13.2 Å². The zero-order valence-electron chi connectivity index (χ0n) is 15.2. The van der Waals surface area contributed by atoms with Gasteiger partial charge in [0.2, 0.25) is 0 Å². The van der Waals surface area contributed by atoms with E-state index in [0.717, 1.165) is 49.2 Å². The van der Waals surface area contributed by atoms with Crippen molar-refractivity contribution in [1.29, 1.82) is 0 Å². The van der Waals surface area contributed by atoms with Crippen LogP contribution in [0.1, 0.15) is 19.8 Å². The first-order valence-corrected chi connectivity index (χ1v) is 9.12. The molecule has 5 nitrogen and oxygen atoms in total. The Balaban J connectivity index is 1.60. The molecule has 0 aromatic heterocycles. The lowest BCUT2D eigenvalue weighted by Crippen LogP contribution is -2.45. The van der Waals surface area contributed by atoms with E-state index in [4.69, 9.17) is 4.74 Å². The van der Waals surface area contributed by atoms with Crippen LogP contribution in [0.5, 0.6) is 5.75 Å². The van der Waals surface area contributed by atoms with E-state index in [1.54, 1.807) is 0 Å². The molecule has 2 aliphatic heterocycles. The van der Waals surface area contributed by atoms with Gasteiger partial charge in [0, 0.05) is 38.9 Å². The molecule has 2 heterocycles. The monoisotopic (exact) mass is 333 g/mol. The lowest BCUT2D eigenvalue weighted by Gasteiger charge is -2.36. The molecule has 1 aromatic carbocycles. The molecule has 1 fully saturated rings. The highest BCUT2D eigenvalue weighted by molar-refractivity contribution is 5.66. The molecular formula is C19H31N3O2. The number of likely N-dealkylation sites (tertiary alicyclic amines) is 1. The van der Waals surface area contributed by atoms with Crippen LogP contribution in [0.4, 0.5) is 11.4 Å². The second kappa shape index (κ2) is 7.62. The summed E-state index contributed by atoms with van der Waals surface area (Å²) in [5, 5.41) is 10.6. The molecule has 134 valence electrons. The van der Waals surface area contributed by atoms with Crippen molar-refractivity contribution < 1.29 is 9.84 Å². The minimum atomic E-state index is -0.321. The van der Waals surface area contributed by atoms with Gasteiger partial charge in [-0.1, -0.05) is 6.92 Å². The quantitative estimate of drug-likeness (QED) is 0.893. The molecule has 1 aromatic rings. The predicted molar refractivity (Wildman–Crippen MR) is 99.3 cm³/mol. The number of ether oxygens (including phenoxy) is 1. The van der Waals surface area contributed by atoms with Gasteiger partial charge in [-0.15, -0.1) is 0 Å². The van der Waals surface area contributed by atoms with Crippen molar-refractivity contribution in [2.24, 2.45) is 5.92 Å². The Hall–Kier alpha value is -1.46. The van der Waals surface area contributed by atoms with Gasteiger partial charge in [0.15, 0.2) is 0 Å². The topological polar surface area (TPSA) is 39.2 Å². The SMILES string of the molecule is CC1CCN(CC(O)CN2CCOc3cc(N(C)C)ccc32)CC1. The third kappa shape index (κ3) is 4.14. The number of aliphatic hydroxyl groups is 1. The summed E-state index contributed by atoms with van der Waals surface area (Å²) in [6.45, 7) is 7.51. The number of β-amino-alcohol motifs (C(OH)–C–C–N with tert-alkyl or cyclic N) is 1. The molecule has 0 radical (unpaired) electrons. The van der Waals surface area contributed by atoms with Crippen molar-refractivity contribution in [2.75, 3.05) is 63.2 Å². The minimum Gasteiger partial charge on any atom is -0.489 e. The molecule has 1 atom stereocenters. The van der Waals surface area contributed by atoms with E-state index in [2.05, 4.69) is 39.8 Å². The van der Waals surface area contributed by atoms with Crippen LogP contribution in [0.15, 0.2) is 18.2 Å². The highest BCUT2D eigenvalue weighted by Gasteiger charge is 2.23. The van der Waals surface area contributed by atoms with Crippen LogP contribution in [-0.2, 0) is 0 Å². The van der Waals surface area contributed by atoms with E-state index >= 15 is 0 Å². The first kappa shape index (κ1) is 17.4. The zero-order chi connectivity index (χ0) is 17.1. The Kier molecular flexibility index (Phi) is 5.51. The molecule has 1 N–H and O–H groups in total. The van der Waals surface area contributed by atoms with Gasteiger partial charge in [-0.3, -0.25) is 0 Å². The van der Waals surface area contributed by atoms with Gasteiger partial charge in [-0.2, -0.15) is 0 Å². The van der Waals surface area contributed by atoms with Crippen LogP contribution >= 0.6 is 0 Å². The second-order valence-electron chi connectivity index (χ2n) is 7.48. The zero-order valence-corrected chi connectivity index (χ0v) is 15.2. The van der Waals surface area contributed by atoms with Gasteiger partial charge in [0.05, 0.1) is 18.3 Å². The summed E-state index contributed by atoms with van der Waals surface area (Å²) in [5.41, 5.74) is 2.23. The highest BCUT2D eigenvalue weighted by atomic mass is 16.5. The van der Waals surface area contributed by atoms with Crippen molar-refractivity contribution >= 4 is 11.4 Å². The Labute approximate surface area is 145 Å². The number of benzene rings is 1. The summed E-state index contributed by atoms with van der Waals surface area (Å²) >= 11 is 0. The molecule has 0 aliphatic carbocycles. The molecule has 1 unspecified atom stereocenters. The third-order valence-corrected chi connectivity index (χ3v) is 5.20. The fourth-order valence-corrected chi connectivity index (χ4v) is 3.59. The average molecular weight is 333 g/mol. The van der Waals surface area contributed by atoms with Crippen molar-refractivity contribution in [3.63, 3.8) is 0 Å². The Morgan fingerprint density at radius 1 is 1.21 bits per heavy atom. The molecular weight excluding hydrogens is 302 g/mol. The number of hydrogen-bond donors (Lipinski definition) is 1. The van der Waals surface area contributed by atoms with E-state index in [-0.39, 0.29) is 6.10 Å². The van der Waals surface area contributed by atoms with Crippen LogP contribution in [0.25, 0.3) is 0 Å². The minimum absolute atomic E-state index is 0.321. The molecule has 0 saturated carbocycles. The number of nitrogens with zero attached hydrogens (tertiary/aromatic N) is 3. The van der Waals surface area contributed by atoms with E-state index in [1.807, 2.05) is 14.1 Å². The number of anilines is 2. The van der Waals surface area contributed by atoms with Crippen LogP contribution in [0.3, 0.4) is 0 Å². The standard InChI is InChI=1S/C19H31N3O2/c1-15-6-8-21(9-7-15)13-17(23)14-22-10-11-24-19-12-16(20(2)3)4-5-18(19)22/h4-5,12,15,17,23H,6-11,13-14H2,1-3H3. The van der Waals surface area contributed by atoms with Crippen molar-refractivity contribution in [3.8, 4) is 5.75 Å². The maximum atomic E-state index is 10.6. The lowest BCUT2D eigenvalue weighted by molar-refractivity contribution is 0.0940. The fraction of sp³-hybridized carbons (Fsp3) is 0.684. The Morgan fingerprint density at radius 3 is 2.67 bits per heavy atom. The highest BCUT2D eigenvalue weighted by Crippen LogP contribution is 2.34. The molecule has 0 amide bonds. The van der Waals surface area contributed by atoms with Crippen LogP contribution in [-0.4, -0.2) is 69.5 Å². The normalized spacial score (nSPS) is 20.4. The van der Waals surface area contributed by atoms with Crippen LogP contribution in [0, 0.1) is 5.92 Å². The van der Waals surface area contributed by atoms with E-state index in [9.17, 15) is 5.11 Å². The summed E-state index contributed by atoms with van der Waals surface area (Å²) in [7, 11) is 4.07. The molecule has 1 saturated heterocycles.